The standard InChI is InChI=1S/C15H20N2O2S/c1-9-6-7-11-12(8-9)20-13(17-11)10(2)16-14(18)19-15(3,4)5/h6-8,10H,1-5H3,(H,16,18). The van der Waals surface area contributed by atoms with Gasteiger partial charge in [-0.05, 0) is 52.3 Å². The van der Waals surface area contributed by atoms with Crippen molar-refractivity contribution in [2.45, 2.75) is 46.3 Å². The number of carbonyl (C=O) groups is 1. The van der Waals surface area contributed by atoms with E-state index < -0.39 is 11.7 Å². The second-order valence-corrected chi connectivity index (χ2v) is 6.95. The van der Waals surface area contributed by atoms with Crippen LogP contribution < -0.4 is 5.32 Å². The van der Waals surface area contributed by atoms with Crippen molar-refractivity contribution >= 4 is 27.6 Å². The summed E-state index contributed by atoms with van der Waals surface area (Å²) in [5.41, 5.74) is 1.68. The van der Waals surface area contributed by atoms with Crippen LogP contribution in [0.2, 0.25) is 0 Å². The van der Waals surface area contributed by atoms with E-state index in [1.54, 1.807) is 11.3 Å². The van der Waals surface area contributed by atoms with Gasteiger partial charge >= 0.3 is 6.09 Å². The summed E-state index contributed by atoms with van der Waals surface area (Å²) >= 11 is 1.60. The van der Waals surface area contributed by atoms with Crippen LogP contribution in [-0.4, -0.2) is 16.7 Å². The van der Waals surface area contributed by atoms with Crippen LogP contribution in [0, 0.1) is 6.92 Å². The van der Waals surface area contributed by atoms with Crippen LogP contribution in [0.15, 0.2) is 18.2 Å². The van der Waals surface area contributed by atoms with Crippen LogP contribution in [0.5, 0.6) is 0 Å². The third-order valence-corrected chi connectivity index (χ3v) is 3.87. The van der Waals surface area contributed by atoms with Gasteiger partial charge in [-0.1, -0.05) is 6.07 Å². The normalized spacial score (nSPS) is 13.2. The first kappa shape index (κ1) is 14.8. The zero-order chi connectivity index (χ0) is 14.9. The molecule has 1 heterocycles. The van der Waals surface area contributed by atoms with Crippen molar-refractivity contribution in [2.24, 2.45) is 0 Å². The highest BCUT2D eigenvalue weighted by molar-refractivity contribution is 7.18. The topological polar surface area (TPSA) is 51.2 Å². The van der Waals surface area contributed by atoms with Gasteiger partial charge in [0, 0.05) is 0 Å². The highest BCUT2D eigenvalue weighted by Gasteiger charge is 2.19. The number of carbonyl (C=O) groups excluding carboxylic acids is 1. The van der Waals surface area contributed by atoms with E-state index in [1.165, 1.54) is 5.56 Å². The Morgan fingerprint density at radius 2 is 2.10 bits per heavy atom. The summed E-state index contributed by atoms with van der Waals surface area (Å²) in [5, 5.41) is 3.70. The summed E-state index contributed by atoms with van der Waals surface area (Å²) in [7, 11) is 0. The van der Waals surface area contributed by atoms with E-state index in [0.29, 0.717) is 0 Å². The van der Waals surface area contributed by atoms with Crippen molar-refractivity contribution in [1.29, 1.82) is 0 Å². The molecule has 108 valence electrons. The summed E-state index contributed by atoms with van der Waals surface area (Å²) in [6.07, 6.45) is -0.416. The molecular weight excluding hydrogens is 272 g/mol. The van der Waals surface area contributed by atoms with E-state index in [2.05, 4.69) is 23.3 Å². The van der Waals surface area contributed by atoms with E-state index >= 15 is 0 Å². The lowest BCUT2D eigenvalue weighted by Gasteiger charge is -2.21. The molecule has 2 rings (SSSR count). The van der Waals surface area contributed by atoms with Gasteiger partial charge in [0.2, 0.25) is 0 Å². The predicted octanol–water partition coefficient (Wildman–Crippen LogP) is 4.19. The molecule has 1 aromatic carbocycles. The van der Waals surface area contributed by atoms with Gasteiger partial charge in [0.15, 0.2) is 0 Å². The molecule has 1 amide bonds. The SMILES string of the molecule is Cc1ccc2nc(C(C)NC(=O)OC(C)(C)C)sc2c1. The maximum Gasteiger partial charge on any atom is 0.408 e. The summed E-state index contributed by atoms with van der Waals surface area (Å²) in [6, 6.07) is 5.99. The molecule has 0 aliphatic carbocycles. The Balaban J connectivity index is 2.11. The molecule has 4 nitrogen and oxygen atoms in total. The van der Waals surface area contributed by atoms with Gasteiger partial charge in [0.1, 0.15) is 10.6 Å². The first-order valence-electron chi connectivity index (χ1n) is 6.61. The number of ether oxygens (including phenoxy) is 1. The number of thiazole rings is 1. The quantitative estimate of drug-likeness (QED) is 0.903. The smallest absolute Gasteiger partial charge is 0.408 e. The van der Waals surface area contributed by atoms with Gasteiger partial charge in [-0.2, -0.15) is 0 Å². The van der Waals surface area contributed by atoms with Gasteiger partial charge in [0.25, 0.3) is 0 Å². The molecule has 0 fully saturated rings. The molecule has 1 aromatic heterocycles. The minimum Gasteiger partial charge on any atom is -0.444 e. The second kappa shape index (κ2) is 5.40. The lowest BCUT2D eigenvalue weighted by Crippen LogP contribution is -2.33. The van der Waals surface area contributed by atoms with Crippen LogP contribution >= 0.6 is 11.3 Å². The monoisotopic (exact) mass is 292 g/mol. The summed E-state index contributed by atoms with van der Waals surface area (Å²) in [6.45, 7) is 9.50. The largest absolute Gasteiger partial charge is 0.444 e. The summed E-state index contributed by atoms with van der Waals surface area (Å²) < 4.78 is 6.39. The number of amides is 1. The number of alkyl carbamates (subject to hydrolysis) is 1. The number of hydrogen-bond acceptors (Lipinski definition) is 4. The highest BCUT2D eigenvalue weighted by atomic mass is 32.1. The predicted molar refractivity (Wildman–Crippen MR) is 82.1 cm³/mol. The second-order valence-electron chi connectivity index (χ2n) is 5.89. The lowest BCUT2D eigenvalue weighted by molar-refractivity contribution is 0.0508. The molecule has 0 spiro atoms. The number of aromatic nitrogens is 1. The van der Waals surface area contributed by atoms with Crippen LogP contribution in [0.25, 0.3) is 10.2 Å². The zero-order valence-electron chi connectivity index (χ0n) is 12.5. The van der Waals surface area contributed by atoms with Gasteiger partial charge in [-0.3, -0.25) is 0 Å². The Bertz CT molecular complexity index is 628. The highest BCUT2D eigenvalue weighted by Crippen LogP contribution is 2.27. The summed E-state index contributed by atoms with van der Waals surface area (Å²) in [4.78, 5) is 16.3. The van der Waals surface area contributed by atoms with Crippen molar-refractivity contribution in [2.75, 3.05) is 0 Å². The Hall–Kier alpha value is -1.62. The zero-order valence-corrected chi connectivity index (χ0v) is 13.3. The number of nitrogens with one attached hydrogen (secondary N) is 1. The molecule has 1 unspecified atom stereocenters. The first-order valence-corrected chi connectivity index (χ1v) is 7.43. The van der Waals surface area contributed by atoms with E-state index in [1.807, 2.05) is 39.8 Å². The number of benzene rings is 1. The van der Waals surface area contributed by atoms with Crippen molar-refractivity contribution in [3.63, 3.8) is 0 Å². The van der Waals surface area contributed by atoms with E-state index in [0.717, 1.165) is 15.2 Å². The molecule has 0 bridgehead atoms. The van der Waals surface area contributed by atoms with E-state index in [4.69, 9.17) is 4.74 Å². The molecular formula is C15H20N2O2S. The van der Waals surface area contributed by atoms with Gasteiger partial charge in [-0.25, -0.2) is 9.78 Å². The fourth-order valence-corrected chi connectivity index (χ4v) is 2.85. The van der Waals surface area contributed by atoms with Gasteiger partial charge in [0.05, 0.1) is 16.3 Å². The average Bonchev–Trinajstić information content (AvgIpc) is 2.68. The molecule has 0 aliphatic rings. The number of nitrogens with zero attached hydrogens (tertiary/aromatic N) is 1. The molecule has 0 saturated carbocycles. The van der Waals surface area contributed by atoms with Crippen molar-refractivity contribution < 1.29 is 9.53 Å². The Morgan fingerprint density at radius 3 is 2.75 bits per heavy atom. The first-order chi connectivity index (χ1) is 9.24. The van der Waals surface area contributed by atoms with Crippen molar-refractivity contribution in [1.82, 2.24) is 10.3 Å². The molecule has 2 aromatic rings. The minimum atomic E-state index is -0.492. The minimum absolute atomic E-state index is 0.164. The third-order valence-electron chi connectivity index (χ3n) is 2.66. The number of rotatable bonds is 2. The van der Waals surface area contributed by atoms with Crippen molar-refractivity contribution in [3.05, 3.63) is 28.8 Å². The van der Waals surface area contributed by atoms with Gasteiger partial charge in [-0.15, -0.1) is 11.3 Å². The van der Waals surface area contributed by atoms with E-state index in [9.17, 15) is 4.79 Å². The fraction of sp³-hybridized carbons (Fsp3) is 0.467. The molecule has 1 N–H and O–H groups in total. The average molecular weight is 292 g/mol. The number of fused-ring (bicyclic) bond motifs is 1. The maximum atomic E-state index is 11.8. The Labute approximate surface area is 123 Å². The van der Waals surface area contributed by atoms with Crippen LogP contribution in [0.3, 0.4) is 0 Å². The molecule has 20 heavy (non-hydrogen) atoms. The summed E-state index contributed by atoms with van der Waals surface area (Å²) in [5.74, 6) is 0. The Kier molecular flexibility index (Phi) is 3.99. The lowest BCUT2D eigenvalue weighted by atomic mass is 10.2. The molecule has 0 radical (unpaired) electrons. The molecule has 0 saturated heterocycles. The fourth-order valence-electron chi connectivity index (χ4n) is 1.78. The van der Waals surface area contributed by atoms with E-state index in [-0.39, 0.29) is 6.04 Å². The van der Waals surface area contributed by atoms with Crippen LogP contribution in [-0.2, 0) is 4.74 Å². The van der Waals surface area contributed by atoms with Crippen LogP contribution in [0.4, 0.5) is 4.79 Å². The molecule has 0 aliphatic heterocycles. The number of hydrogen-bond donors (Lipinski definition) is 1. The number of aryl methyl sites for hydroxylation is 1. The van der Waals surface area contributed by atoms with Crippen LogP contribution in [0.1, 0.15) is 44.3 Å². The van der Waals surface area contributed by atoms with Gasteiger partial charge < -0.3 is 10.1 Å². The van der Waals surface area contributed by atoms with Crippen molar-refractivity contribution in [3.8, 4) is 0 Å². The maximum absolute atomic E-state index is 11.8. The molecule has 5 heteroatoms. The Morgan fingerprint density at radius 1 is 1.40 bits per heavy atom. The third kappa shape index (κ3) is 3.70. The molecule has 1 atom stereocenters.